The van der Waals surface area contributed by atoms with Crippen molar-refractivity contribution >= 4 is 27.1 Å². The Balaban J connectivity index is 2.00. The van der Waals surface area contributed by atoms with Crippen LogP contribution < -0.4 is 5.73 Å². The van der Waals surface area contributed by atoms with Gasteiger partial charge in [0.1, 0.15) is 0 Å². The van der Waals surface area contributed by atoms with Crippen molar-refractivity contribution in [1.82, 2.24) is 9.78 Å². The molecule has 0 aliphatic carbocycles. The first-order valence-electron chi connectivity index (χ1n) is 5.06. The lowest BCUT2D eigenvalue weighted by atomic mass is 10.2. The largest absolute Gasteiger partial charge is 0.396 e. The quantitative estimate of drug-likeness (QED) is 0.734. The lowest BCUT2D eigenvalue weighted by molar-refractivity contribution is 0.691. The molecule has 0 spiro atoms. The minimum absolute atomic E-state index is 0.708. The zero-order valence-electron chi connectivity index (χ0n) is 8.63. The Bertz CT molecular complexity index is 624. The molecule has 16 heavy (non-hydrogen) atoms. The fourth-order valence-corrected chi connectivity index (χ4v) is 2.75. The molecule has 0 saturated carbocycles. The minimum atomic E-state index is 0.708. The fourth-order valence-electron chi connectivity index (χ4n) is 1.80. The van der Waals surface area contributed by atoms with Gasteiger partial charge in [-0.3, -0.25) is 4.68 Å². The van der Waals surface area contributed by atoms with Crippen LogP contribution in [-0.2, 0) is 6.54 Å². The van der Waals surface area contributed by atoms with E-state index in [4.69, 9.17) is 5.73 Å². The number of thiophene rings is 1. The Hall–Kier alpha value is -1.81. The molecule has 0 atom stereocenters. The van der Waals surface area contributed by atoms with Crippen molar-refractivity contribution in [2.45, 2.75) is 6.54 Å². The number of nitrogens with zero attached hydrogens (tertiary/aromatic N) is 2. The Morgan fingerprint density at radius 2 is 2.19 bits per heavy atom. The van der Waals surface area contributed by atoms with Gasteiger partial charge in [-0.1, -0.05) is 18.2 Å². The molecule has 3 rings (SSSR count). The molecule has 3 nitrogen and oxygen atoms in total. The minimum Gasteiger partial charge on any atom is -0.396 e. The van der Waals surface area contributed by atoms with Gasteiger partial charge in [-0.2, -0.15) is 5.10 Å². The van der Waals surface area contributed by atoms with Gasteiger partial charge in [0.15, 0.2) is 0 Å². The SMILES string of the molecule is Nc1cnn(Cc2csc3ccccc23)c1. The summed E-state index contributed by atoms with van der Waals surface area (Å²) in [5.41, 5.74) is 7.64. The third kappa shape index (κ3) is 1.57. The number of fused-ring (bicyclic) bond motifs is 1. The number of rotatable bonds is 2. The van der Waals surface area contributed by atoms with E-state index in [0.717, 1.165) is 6.54 Å². The van der Waals surface area contributed by atoms with Crippen molar-refractivity contribution in [3.63, 3.8) is 0 Å². The number of nitrogens with two attached hydrogens (primary N) is 1. The second kappa shape index (κ2) is 3.64. The van der Waals surface area contributed by atoms with Crippen molar-refractivity contribution in [2.75, 3.05) is 5.73 Å². The monoisotopic (exact) mass is 229 g/mol. The summed E-state index contributed by atoms with van der Waals surface area (Å²) in [6.07, 6.45) is 3.53. The van der Waals surface area contributed by atoms with E-state index in [1.807, 2.05) is 10.9 Å². The van der Waals surface area contributed by atoms with E-state index in [0.29, 0.717) is 5.69 Å². The van der Waals surface area contributed by atoms with Gasteiger partial charge in [-0.05, 0) is 22.4 Å². The van der Waals surface area contributed by atoms with Gasteiger partial charge in [0, 0.05) is 10.9 Å². The topological polar surface area (TPSA) is 43.8 Å². The van der Waals surface area contributed by atoms with Gasteiger partial charge in [0.25, 0.3) is 0 Å². The predicted molar refractivity (Wildman–Crippen MR) is 67.6 cm³/mol. The van der Waals surface area contributed by atoms with Crippen LogP contribution in [0.25, 0.3) is 10.1 Å². The first-order valence-corrected chi connectivity index (χ1v) is 5.94. The number of nitrogen functional groups attached to an aromatic ring is 1. The highest BCUT2D eigenvalue weighted by Crippen LogP contribution is 2.26. The number of benzene rings is 1. The van der Waals surface area contributed by atoms with E-state index in [1.54, 1.807) is 17.5 Å². The van der Waals surface area contributed by atoms with Gasteiger partial charge >= 0.3 is 0 Å². The molecule has 3 aromatic rings. The van der Waals surface area contributed by atoms with E-state index in [2.05, 4.69) is 34.7 Å². The van der Waals surface area contributed by atoms with Crippen LogP contribution in [0.4, 0.5) is 5.69 Å². The lowest BCUT2D eigenvalue weighted by Crippen LogP contribution is -1.98. The molecule has 0 unspecified atom stereocenters. The highest BCUT2D eigenvalue weighted by atomic mass is 32.1. The number of anilines is 1. The molecule has 4 heteroatoms. The molecule has 0 fully saturated rings. The van der Waals surface area contributed by atoms with E-state index in [9.17, 15) is 0 Å². The van der Waals surface area contributed by atoms with E-state index < -0.39 is 0 Å². The Morgan fingerprint density at radius 3 is 3.00 bits per heavy atom. The molecule has 0 radical (unpaired) electrons. The van der Waals surface area contributed by atoms with Crippen LogP contribution in [0.1, 0.15) is 5.56 Å². The fraction of sp³-hybridized carbons (Fsp3) is 0.0833. The van der Waals surface area contributed by atoms with E-state index in [-0.39, 0.29) is 0 Å². The maximum atomic E-state index is 5.64. The van der Waals surface area contributed by atoms with Crippen LogP contribution in [-0.4, -0.2) is 9.78 Å². The molecule has 0 saturated heterocycles. The third-order valence-electron chi connectivity index (χ3n) is 2.55. The Labute approximate surface area is 97.1 Å². The van der Waals surface area contributed by atoms with Gasteiger partial charge in [0.05, 0.1) is 18.4 Å². The van der Waals surface area contributed by atoms with E-state index >= 15 is 0 Å². The lowest BCUT2D eigenvalue weighted by Gasteiger charge is -1.99. The van der Waals surface area contributed by atoms with Crippen LogP contribution in [0.15, 0.2) is 42.0 Å². The average Bonchev–Trinajstić information content (AvgIpc) is 2.87. The molecule has 0 aliphatic rings. The maximum absolute atomic E-state index is 5.64. The number of hydrogen-bond donors (Lipinski definition) is 1. The Morgan fingerprint density at radius 1 is 1.31 bits per heavy atom. The highest BCUT2D eigenvalue weighted by molar-refractivity contribution is 7.17. The van der Waals surface area contributed by atoms with E-state index in [1.165, 1.54) is 15.6 Å². The second-order valence-electron chi connectivity index (χ2n) is 3.73. The van der Waals surface area contributed by atoms with Crippen LogP contribution >= 0.6 is 11.3 Å². The standard InChI is InChI=1S/C12H11N3S/c13-10-5-14-15(7-10)6-9-8-16-12-4-2-1-3-11(9)12/h1-5,7-8H,6,13H2. The van der Waals surface area contributed by atoms with Crippen molar-refractivity contribution in [1.29, 1.82) is 0 Å². The van der Waals surface area contributed by atoms with Crippen molar-refractivity contribution in [2.24, 2.45) is 0 Å². The molecule has 0 bridgehead atoms. The zero-order valence-corrected chi connectivity index (χ0v) is 9.45. The molecule has 2 heterocycles. The maximum Gasteiger partial charge on any atom is 0.0719 e. The smallest absolute Gasteiger partial charge is 0.0719 e. The highest BCUT2D eigenvalue weighted by Gasteiger charge is 2.04. The molecular weight excluding hydrogens is 218 g/mol. The summed E-state index contributed by atoms with van der Waals surface area (Å²) < 4.78 is 3.18. The van der Waals surface area contributed by atoms with Crippen LogP contribution in [0.3, 0.4) is 0 Å². The summed E-state index contributed by atoms with van der Waals surface area (Å²) in [6.45, 7) is 0.779. The predicted octanol–water partition coefficient (Wildman–Crippen LogP) is 2.73. The molecule has 0 aliphatic heterocycles. The molecule has 1 aromatic carbocycles. The molecular formula is C12H11N3S. The van der Waals surface area contributed by atoms with Crippen LogP contribution in [0, 0.1) is 0 Å². The summed E-state index contributed by atoms with van der Waals surface area (Å²) in [4.78, 5) is 0. The summed E-state index contributed by atoms with van der Waals surface area (Å²) in [5, 5.41) is 7.68. The van der Waals surface area contributed by atoms with Crippen LogP contribution in [0.5, 0.6) is 0 Å². The molecule has 2 N–H and O–H groups in total. The van der Waals surface area contributed by atoms with Gasteiger partial charge in [0.2, 0.25) is 0 Å². The first kappa shape index (κ1) is 9.42. The van der Waals surface area contributed by atoms with Crippen molar-refractivity contribution in [3.05, 3.63) is 47.6 Å². The van der Waals surface area contributed by atoms with Gasteiger partial charge in [-0.15, -0.1) is 11.3 Å². The number of aromatic nitrogens is 2. The summed E-state index contributed by atoms with van der Waals surface area (Å²) >= 11 is 1.77. The molecule has 80 valence electrons. The Kier molecular flexibility index (Phi) is 2.15. The summed E-state index contributed by atoms with van der Waals surface area (Å²) in [7, 11) is 0. The zero-order chi connectivity index (χ0) is 11.0. The average molecular weight is 229 g/mol. The first-order chi connectivity index (χ1) is 7.83. The van der Waals surface area contributed by atoms with Gasteiger partial charge < -0.3 is 5.73 Å². The molecule has 0 amide bonds. The van der Waals surface area contributed by atoms with Crippen molar-refractivity contribution < 1.29 is 0 Å². The van der Waals surface area contributed by atoms with Crippen LogP contribution in [0.2, 0.25) is 0 Å². The normalized spacial score (nSPS) is 11.0. The second-order valence-corrected chi connectivity index (χ2v) is 4.64. The van der Waals surface area contributed by atoms with Crippen molar-refractivity contribution in [3.8, 4) is 0 Å². The molecule has 2 aromatic heterocycles. The number of hydrogen-bond acceptors (Lipinski definition) is 3. The third-order valence-corrected chi connectivity index (χ3v) is 3.56. The summed E-state index contributed by atoms with van der Waals surface area (Å²) in [6, 6.07) is 8.42. The summed E-state index contributed by atoms with van der Waals surface area (Å²) in [5.74, 6) is 0. The van der Waals surface area contributed by atoms with Gasteiger partial charge in [-0.25, -0.2) is 0 Å².